The van der Waals surface area contributed by atoms with Crippen molar-refractivity contribution < 1.29 is 18.8 Å². The first-order chi connectivity index (χ1) is 15.0. The summed E-state index contributed by atoms with van der Waals surface area (Å²) in [5.41, 5.74) is 1.54. The zero-order chi connectivity index (χ0) is 21.8. The molecule has 1 aliphatic heterocycles. The van der Waals surface area contributed by atoms with Gasteiger partial charge in [-0.25, -0.2) is 9.37 Å². The highest BCUT2D eigenvalue weighted by Crippen LogP contribution is 2.32. The Hall–Kier alpha value is -2.69. The van der Waals surface area contributed by atoms with Crippen LogP contribution in [-0.2, 0) is 9.59 Å². The third-order valence-corrected chi connectivity index (χ3v) is 7.39. The van der Waals surface area contributed by atoms with Gasteiger partial charge in [0.25, 0.3) is 11.1 Å². The molecule has 0 spiro atoms. The fourth-order valence-electron chi connectivity index (χ4n) is 2.80. The average molecular weight is 474 g/mol. The number of hydrogen-bond acceptors (Lipinski definition) is 7. The minimum atomic E-state index is -0.419. The maximum atomic E-state index is 13.0. The van der Waals surface area contributed by atoms with E-state index >= 15 is 0 Å². The van der Waals surface area contributed by atoms with E-state index in [1.165, 1.54) is 47.4 Å². The lowest BCUT2D eigenvalue weighted by Gasteiger charge is -2.12. The van der Waals surface area contributed by atoms with E-state index < -0.39 is 11.1 Å². The molecule has 0 bridgehead atoms. The van der Waals surface area contributed by atoms with E-state index in [2.05, 4.69) is 10.3 Å². The number of amides is 3. The maximum Gasteiger partial charge on any atom is 0.293 e. The molecule has 2 heterocycles. The van der Waals surface area contributed by atoms with Gasteiger partial charge in [0, 0.05) is 13.1 Å². The van der Waals surface area contributed by atoms with E-state index in [9.17, 15) is 18.8 Å². The molecule has 3 aromatic rings. The van der Waals surface area contributed by atoms with E-state index in [-0.39, 0.29) is 35.5 Å². The van der Waals surface area contributed by atoms with Crippen LogP contribution in [0.5, 0.6) is 0 Å². The molecular formula is C21H16FN3O3S3. The zero-order valence-electron chi connectivity index (χ0n) is 16.0. The second-order valence-corrected chi connectivity index (χ2v) is 9.72. The van der Waals surface area contributed by atoms with E-state index in [1.807, 2.05) is 24.3 Å². The summed E-state index contributed by atoms with van der Waals surface area (Å²) in [7, 11) is 0. The monoisotopic (exact) mass is 473 g/mol. The summed E-state index contributed by atoms with van der Waals surface area (Å²) in [6.45, 7) is 0.254. The molecule has 1 aromatic heterocycles. The lowest BCUT2D eigenvalue weighted by molar-refractivity contribution is -0.123. The largest absolute Gasteiger partial charge is 0.354 e. The van der Waals surface area contributed by atoms with E-state index in [4.69, 9.17) is 0 Å². The van der Waals surface area contributed by atoms with Gasteiger partial charge in [0.2, 0.25) is 5.91 Å². The number of nitrogens with zero attached hydrogens (tertiary/aromatic N) is 2. The van der Waals surface area contributed by atoms with Gasteiger partial charge >= 0.3 is 0 Å². The first-order valence-electron chi connectivity index (χ1n) is 9.25. The smallest absolute Gasteiger partial charge is 0.293 e. The zero-order valence-corrected chi connectivity index (χ0v) is 18.5. The van der Waals surface area contributed by atoms with Crippen molar-refractivity contribution in [3.05, 3.63) is 64.8 Å². The number of benzene rings is 2. The highest BCUT2D eigenvalue weighted by molar-refractivity contribution is 8.18. The Bertz CT molecular complexity index is 1140. The Balaban J connectivity index is 1.25. The van der Waals surface area contributed by atoms with Gasteiger partial charge in [-0.15, -0.1) is 11.3 Å². The number of carbonyl (C=O) groups excluding carboxylic acids is 3. The fraction of sp³-hybridized carbons (Fsp3) is 0.143. The number of para-hydroxylation sites is 1. The van der Waals surface area contributed by atoms with Gasteiger partial charge in [-0.3, -0.25) is 19.3 Å². The molecule has 10 heteroatoms. The van der Waals surface area contributed by atoms with Crippen LogP contribution in [0.15, 0.2) is 57.8 Å². The van der Waals surface area contributed by atoms with Crippen LogP contribution in [0.25, 0.3) is 16.3 Å². The number of fused-ring (bicyclic) bond motifs is 1. The van der Waals surface area contributed by atoms with Crippen LogP contribution in [0.3, 0.4) is 0 Å². The summed E-state index contributed by atoms with van der Waals surface area (Å²) in [5.74, 6) is -0.788. The average Bonchev–Trinajstić information content (AvgIpc) is 3.29. The molecule has 2 aromatic carbocycles. The van der Waals surface area contributed by atoms with Crippen LogP contribution in [-0.4, -0.2) is 45.8 Å². The minimum Gasteiger partial charge on any atom is -0.354 e. The van der Waals surface area contributed by atoms with Crippen LogP contribution in [0.1, 0.15) is 5.56 Å². The van der Waals surface area contributed by atoms with Crippen LogP contribution < -0.4 is 5.32 Å². The summed E-state index contributed by atoms with van der Waals surface area (Å²) < 4.78 is 14.9. The molecule has 1 N–H and O–H groups in total. The summed E-state index contributed by atoms with van der Waals surface area (Å²) in [6.07, 6.45) is 1.55. The number of halogens is 1. The number of nitrogens with one attached hydrogen (secondary N) is 1. The van der Waals surface area contributed by atoms with Gasteiger partial charge in [0.05, 0.1) is 20.9 Å². The van der Waals surface area contributed by atoms with Gasteiger partial charge in [0.15, 0.2) is 4.34 Å². The Morgan fingerprint density at radius 3 is 2.71 bits per heavy atom. The number of thiazole rings is 1. The van der Waals surface area contributed by atoms with Gasteiger partial charge in [-0.05, 0) is 47.7 Å². The number of thioether (sulfide) groups is 2. The molecule has 31 heavy (non-hydrogen) atoms. The second kappa shape index (κ2) is 9.63. The van der Waals surface area contributed by atoms with Gasteiger partial charge < -0.3 is 5.32 Å². The quantitative estimate of drug-likeness (QED) is 0.405. The summed E-state index contributed by atoms with van der Waals surface area (Å²) in [5, 5.41) is 2.33. The highest BCUT2D eigenvalue weighted by Gasteiger charge is 2.34. The van der Waals surface area contributed by atoms with Crippen molar-refractivity contribution >= 4 is 68.2 Å². The predicted molar refractivity (Wildman–Crippen MR) is 122 cm³/mol. The Kier molecular flexibility index (Phi) is 6.69. The summed E-state index contributed by atoms with van der Waals surface area (Å²) in [4.78, 5) is 42.6. The normalized spacial score (nSPS) is 15.3. The maximum absolute atomic E-state index is 13.0. The second-order valence-electron chi connectivity index (χ2n) is 6.47. The fourth-order valence-corrected chi connectivity index (χ4v) is 5.56. The lowest BCUT2D eigenvalue weighted by Crippen LogP contribution is -2.37. The molecule has 0 aliphatic carbocycles. The van der Waals surface area contributed by atoms with Crippen molar-refractivity contribution in [3.63, 3.8) is 0 Å². The van der Waals surface area contributed by atoms with E-state index in [0.29, 0.717) is 5.56 Å². The molecule has 0 radical (unpaired) electrons. The number of rotatable bonds is 7. The first-order valence-corrected chi connectivity index (χ1v) is 11.9. The van der Waals surface area contributed by atoms with Gasteiger partial charge in [0.1, 0.15) is 5.82 Å². The van der Waals surface area contributed by atoms with Crippen molar-refractivity contribution in [1.82, 2.24) is 15.2 Å². The van der Waals surface area contributed by atoms with Gasteiger partial charge in [-0.1, -0.05) is 36.0 Å². The third-order valence-electron chi connectivity index (χ3n) is 4.30. The van der Waals surface area contributed by atoms with Crippen molar-refractivity contribution in [2.75, 3.05) is 18.8 Å². The number of carbonyl (C=O) groups is 3. The van der Waals surface area contributed by atoms with Crippen molar-refractivity contribution in [2.45, 2.75) is 4.34 Å². The van der Waals surface area contributed by atoms with Crippen molar-refractivity contribution in [1.29, 1.82) is 0 Å². The van der Waals surface area contributed by atoms with Gasteiger partial charge in [-0.2, -0.15) is 0 Å². The molecule has 1 aliphatic rings. The standard InChI is InChI=1S/C21H16FN3O3S3/c22-14-7-5-13(6-8-14)11-17-19(27)25(21(28)31-17)10-9-23-18(26)12-29-20-24-15-3-1-2-4-16(15)30-20/h1-8,11H,9-10,12H2,(H,23,26)/b17-11-. The first kappa shape index (κ1) is 21.5. The van der Waals surface area contributed by atoms with Crippen LogP contribution in [0.2, 0.25) is 0 Å². The minimum absolute atomic E-state index is 0.0863. The molecule has 1 saturated heterocycles. The Labute approximate surface area is 189 Å². The predicted octanol–water partition coefficient (Wildman–Crippen LogP) is 4.38. The van der Waals surface area contributed by atoms with Crippen molar-refractivity contribution in [3.8, 4) is 0 Å². The number of aromatic nitrogens is 1. The molecule has 6 nitrogen and oxygen atoms in total. The Morgan fingerprint density at radius 2 is 1.94 bits per heavy atom. The molecule has 0 unspecified atom stereocenters. The van der Waals surface area contributed by atoms with E-state index in [1.54, 1.807) is 6.08 Å². The molecule has 158 valence electrons. The third kappa shape index (κ3) is 5.33. The molecule has 0 saturated carbocycles. The molecule has 1 fully saturated rings. The SMILES string of the molecule is O=C(CSc1nc2ccccc2s1)NCCN1C(=O)S/C(=C\c2ccc(F)cc2)C1=O. The lowest BCUT2D eigenvalue weighted by atomic mass is 10.2. The van der Waals surface area contributed by atoms with Crippen LogP contribution in [0.4, 0.5) is 9.18 Å². The van der Waals surface area contributed by atoms with Crippen LogP contribution >= 0.6 is 34.9 Å². The molecule has 4 rings (SSSR count). The Morgan fingerprint density at radius 1 is 1.16 bits per heavy atom. The molecule has 3 amide bonds. The molecular weight excluding hydrogens is 457 g/mol. The van der Waals surface area contributed by atoms with Crippen molar-refractivity contribution in [2.24, 2.45) is 0 Å². The van der Waals surface area contributed by atoms with E-state index in [0.717, 1.165) is 31.2 Å². The van der Waals surface area contributed by atoms with Crippen LogP contribution in [0, 0.1) is 5.82 Å². The number of imide groups is 1. The highest BCUT2D eigenvalue weighted by atomic mass is 32.2. The molecule has 0 atom stereocenters. The summed E-state index contributed by atoms with van der Waals surface area (Å²) >= 11 is 3.71. The topological polar surface area (TPSA) is 79.4 Å². The number of hydrogen-bond donors (Lipinski definition) is 1. The summed E-state index contributed by atoms with van der Waals surface area (Å²) in [6, 6.07) is 13.4.